The Labute approximate surface area is 178 Å². The molecule has 2 rings (SSSR count). The van der Waals surface area contributed by atoms with Crippen LogP contribution in [0.1, 0.15) is 77.0 Å². The minimum Gasteiger partial charge on any atom is -0.469 e. The van der Waals surface area contributed by atoms with Crippen molar-refractivity contribution in [1.29, 1.82) is 0 Å². The molecule has 2 saturated carbocycles. The normalized spacial score (nSPS) is 19.0. The Morgan fingerprint density at radius 3 is 1.59 bits per heavy atom. The minimum absolute atomic E-state index is 0.00771. The van der Waals surface area contributed by atoms with Gasteiger partial charge in [-0.15, -0.1) is 0 Å². The Kier molecular flexibility index (Phi) is 12.0. The Balaban J connectivity index is 0.000000271. The van der Waals surface area contributed by atoms with E-state index in [4.69, 9.17) is 9.47 Å². The van der Waals surface area contributed by atoms with Gasteiger partial charge < -0.3 is 9.47 Å². The highest BCUT2D eigenvalue weighted by Crippen LogP contribution is 2.46. The molecule has 0 atom stereocenters. The van der Waals surface area contributed by atoms with Gasteiger partial charge in [-0.05, 0) is 63.4 Å². The number of methoxy groups -OCH3 is 2. The molecule has 2 aliphatic carbocycles. The van der Waals surface area contributed by atoms with Crippen molar-refractivity contribution in [2.75, 3.05) is 31.6 Å². The summed E-state index contributed by atoms with van der Waals surface area (Å²) < 4.78 is 9.71. The summed E-state index contributed by atoms with van der Waals surface area (Å²) in [6.45, 7) is 0. The number of carbonyl (C=O) groups is 2. The highest BCUT2D eigenvalue weighted by Gasteiger charge is 2.45. The van der Waals surface area contributed by atoms with Crippen LogP contribution in [-0.2, 0) is 19.1 Å². The second-order valence-corrected chi connectivity index (χ2v) is 9.63. The van der Waals surface area contributed by atoms with Gasteiger partial charge in [0.2, 0.25) is 0 Å². The maximum absolute atomic E-state index is 11.6. The molecular weight excluding hydrogens is 428 g/mol. The summed E-state index contributed by atoms with van der Waals surface area (Å²) in [4.78, 5) is 23.0. The van der Waals surface area contributed by atoms with Gasteiger partial charge in [0.25, 0.3) is 0 Å². The molecule has 0 heterocycles. The number of rotatable bonds is 11. The topological polar surface area (TPSA) is 52.6 Å². The van der Waals surface area contributed by atoms with Crippen LogP contribution in [-0.4, -0.2) is 43.5 Å². The summed E-state index contributed by atoms with van der Waals surface area (Å²) in [5.74, 6) is 1.23. The van der Waals surface area contributed by atoms with E-state index in [9.17, 15) is 9.59 Å². The summed E-state index contributed by atoms with van der Waals surface area (Å²) in [5, 5.41) is 1.03. The first-order valence-electron chi connectivity index (χ1n) is 10.2. The number of unbranched alkanes of at least 4 members (excludes halogenated alkanes) is 2. The predicted molar refractivity (Wildman–Crippen MR) is 116 cm³/mol. The fourth-order valence-electron chi connectivity index (χ4n) is 4.02. The minimum atomic E-state index is -0.100. The molecule has 0 bridgehead atoms. The lowest BCUT2D eigenvalue weighted by Crippen LogP contribution is -2.38. The molecule has 0 spiro atoms. The van der Waals surface area contributed by atoms with Crippen LogP contribution in [0.5, 0.6) is 0 Å². The zero-order valence-corrected chi connectivity index (χ0v) is 19.7. The molecule has 2 aliphatic rings. The molecule has 0 saturated heterocycles. The van der Waals surface area contributed by atoms with E-state index in [-0.39, 0.29) is 22.8 Å². The van der Waals surface area contributed by atoms with Crippen molar-refractivity contribution in [3.8, 4) is 0 Å². The molecule has 2 fully saturated rings. The third-order valence-corrected chi connectivity index (χ3v) is 7.41. The first kappa shape index (κ1) is 24.8. The summed E-state index contributed by atoms with van der Waals surface area (Å²) in [5.41, 5.74) is -0.190. The monoisotopic (exact) mass is 464 g/mol. The fourth-order valence-corrected chi connectivity index (χ4v) is 4.91. The van der Waals surface area contributed by atoms with Gasteiger partial charge in [-0.3, -0.25) is 9.59 Å². The number of esters is 2. The van der Waals surface area contributed by atoms with Crippen LogP contribution in [0.25, 0.3) is 0 Å². The van der Waals surface area contributed by atoms with Crippen LogP contribution in [0, 0.1) is 10.8 Å². The smallest absolute Gasteiger partial charge is 0.311 e. The zero-order valence-electron chi connectivity index (χ0n) is 17.3. The van der Waals surface area contributed by atoms with Crippen molar-refractivity contribution in [1.82, 2.24) is 0 Å². The number of ether oxygens (including phenoxy) is 2. The predicted octanol–water partition coefficient (Wildman–Crippen LogP) is 5.76. The first-order chi connectivity index (χ1) is 13.0. The van der Waals surface area contributed by atoms with Gasteiger partial charge >= 0.3 is 11.9 Å². The van der Waals surface area contributed by atoms with E-state index in [1.54, 1.807) is 0 Å². The van der Waals surface area contributed by atoms with E-state index < -0.39 is 0 Å². The summed E-state index contributed by atoms with van der Waals surface area (Å²) in [6, 6.07) is 0. The fraction of sp³-hybridized carbons (Fsp3) is 0.905. The number of thioether (sulfide) groups is 1. The molecule has 0 amide bonds. The van der Waals surface area contributed by atoms with Crippen molar-refractivity contribution >= 4 is 39.6 Å². The number of carbonyl (C=O) groups excluding carboxylic acids is 2. The highest BCUT2D eigenvalue weighted by atomic mass is 79.9. The quantitative estimate of drug-likeness (QED) is 0.221. The maximum Gasteiger partial charge on any atom is 0.311 e. The van der Waals surface area contributed by atoms with Crippen molar-refractivity contribution in [2.24, 2.45) is 10.8 Å². The molecule has 6 heteroatoms. The van der Waals surface area contributed by atoms with E-state index >= 15 is 0 Å². The van der Waals surface area contributed by atoms with E-state index in [0.717, 1.165) is 63.1 Å². The molecule has 0 aromatic rings. The number of hydrogen-bond acceptors (Lipinski definition) is 5. The SMILES string of the molecule is COC(=O)C1(CCCCBr)CCC1.COC(=O)C1(CCCCSC)CCC1. The third kappa shape index (κ3) is 7.26. The molecule has 4 nitrogen and oxygen atoms in total. The lowest BCUT2D eigenvalue weighted by Gasteiger charge is -2.38. The highest BCUT2D eigenvalue weighted by molar-refractivity contribution is 9.09. The average molecular weight is 465 g/mol. The van der Waals surface area contributed by atoms with Gasteiger partial charge in [-0.1, -0.05) is 41.6 Å². The average Bonchev–Trinajstić information content (AvgIpc) is 2.62. The van der Waals surface area contributed by atoms with Gasteiger partial charge in [0, 0.05) is 5.33 Å². The summed E-state index contributed by atoms with van der Waals surface area (Å²) in [7, 11) is 3.00. The van der Waals surface area contributed by atoms with Gasteiger partial charge in [-0.25, -0.2) is 0 Å². The Bertz CT molecular complexity index is 447. The van der Waals surface area contributed by atoms with Crippen molar-refractivity contribution in [3.05, 3.63) is 0 Å². The van der Waals surface area contributed by atoms with E-state index in [1.165, 1.54) is 39.2 Å². The van der Waals surface area contributed by atoms with Crippen LogP contribution in [0.15, 0.2) is 0 Å². The van der Waals surface area contributed by atoms with Crippen molar-refractivity contribution in [2.45, 2.75) is 77.0 Å². The maximum atomic E-state index is 11.6. The number of halogens is 1. The molecule has 27 heavy (non-hydrogen) atoms. The Morgan fingerprint density at radius 1 is 0.852 bits per heavy atom. The zero-order chi connectivity index (χ0) is 20.2. The molecule has 0 unspecified atom stereocenters. The standard InChI is InChI=1S/C11H20O2S.C10H17BrO2/c1-13-10(12)11(7-5-8-11)6-3-4-9-14-2;1-13-9(12)10(6-4-7-10)5-2-3-8-11/h3-9H2,1-2H3;2-8H2,1H3. The van der Waals surface area contributed by atoms with E-state index in [2.05, 4.69) is 22.2 Å². The Morgan fingerprint density at radius 2 is 1.30 bits per heavy atom. The van der Waals surface area contributed by atoms with Crippen LogP contribution < -0.4 is 0 Å². The molecule has 0 aromatic carbocycles. The van der Waals surface area contributed by atoms with Gasteiger partial charge in [0.15, 0.2) is 0 Å². The molecule has 0 aromatic heterocycles. The van der Waals surface area contributed by atoms with E-state index in [0.29, 0.717) is 0 Å². The molecule has 0 N–H and O–H groups in total. The summed E-state index contributed by atoms with van der Waals surface area (Å²) >= 11 is 5.27. The van der Waals surface area contributed by atoms with Crippen molar-refractivity contribution < 1.29 is 19.1 Å². The van der Waals surface area contributed by atoms with Crippen LogP contribution in [0.4, 0.5) is 0 Å². The first-order valence-corrected chi connectivity index (χ1v) is 12.7. The molecular formula is C21H37BrO4S. The van der Waals surface area contributed by atoms with Crippen LogP contribution in [0.2, 0.25) is 0 Å². The molecule has 158 valence electrons. The van der Waals surface area contributed by atoms with Gasteiger partial charge in [0.1, 0.15) is 0 Å². The number of alkyl halides is 1. The Hall–Kier alpha value is -0.230. The van der Waals surface area contributed by atoms with E-state index in [1.807, 2.05) is 11.8 Å². The molecule has 0 aliphatic heterocycles. The third-order valence-electron chi connectivity index (χ3n) is 6.15. The van der Waals surface area contributed by atoms with Gasteiger partial charge in [0.05, 0.1) is 25.0 Å². The van der Waals surface area contributed by atoms with Gasteiger partial charge in [-0.2, -0.15) is 11.8 Å². The van der Waals surface area contributed by atoms with Crippen LogP contribution in [0.3, 0.4) is 0 Å². The number of hydrogen-bond donors (Lipinski definition) is 0. The largest absolute Gasteiger partial charge is 0.469 e. The van der Waals surface area contributed by atoms with Crippen LogP contribution >= 0.6 is 27.7 Å². The second-order valence-electron chi connectivity index (χ2n) is 7.85. The lowest BCUT2D eigenvalue weighted by atomic mass is 9.66. The molecule has 0 radical (unpaired) electrons. The summed E-state index contributed by atoms with van der Waals surface area (Å²) in [6.07, 6.45) is 15.3. The second kappa shape index (κ2) is 13.1. The lowest BCUT2D eigenvalue weighted by molar-refractivity contribution is -0.159. The van der Waals surface area contributed by atoms with Crippen molar-refractivity contribution in [3.63, 3.8) is 0 Å².